The summed E-state index contributed by atoms with van der Waals surface area (Å²) in [5, 5.41) is 3.66. The largest absolute Gasteiger partial charge is 0.382 e. The van der Waals surface area contributed by atoms with Crippen LogP contribution in [0.5, 0.6) is 0 Å². The van der Waals surface area contributed by atoms with Crippen molar-refractivity contribution in [1.82, 2.24) is 10.3 Å². The minimum Gasteiger partial charge on any atom is -0.382 e. The summed E-state index contributed by atoms with van der Waals surface area (Å²) in [4.78, 5) is 19.1. The molecule has 0 bridgehead atoms. The third kappa shape index (κ3) is 3.23. The molecule has 1 aromatic rings. The number of nitrogens with two attached hydrogens (primary N) is 1. The molecule has 1 aromatic heterocycles. The van der Waals surface area contributed by atoms with Crippen molar-refractivity contribution in [3.8, 4) is 12.3 Å². The van der Waals surface area contributed by atoms with Crippen LogP contribution in [0.3, 0.4) is 0 Å². The van der Waals surface area contributed by atoms with E-state index in [1.807, 2.05) is 6.92 Å². The summed E-state index contributed by atoms with van der Waals surface area (Å²) in [5.74, 6) is 2.66. The zero-order valence-electron chi connectivity index (χ0n) is 11.7. The van der Waals surface area contributed by atoms with Crippen LogP contribution in [0, 0.1) is 12.3 Å². The third-order valence-electron chi connectivity index (χ3n) is 3.31. The normalized spacial score (nSPS) is 15.9. The molecule has 0 saturated carbocycles. The maximum Gasteiger partial charge on any atom is 0.266 e. The number of carbonyl (C=O) groups is 1. The van der Waals surface area contributed by atoms with Gasteiger partial charge in [-0.15, -0.1) is 6.42 Å². The lowest BCUT2D eigenvalue weighted by Gasteiger charge is -2.12. The molecule has 0 aromatic carbocycles. The molecular weight excluding hydrogens is 272 g/mol. The quantitative estimate of drug-likeness (QED) is 0.813. The number of carbonyl (C=O) groups excluding carboxylic acids is 1. The summed E-state index contributed by atoms with van der Waals surface area (Å²) in [6.07, 6.45) is 9.43. The van der Waals surface area contributed by atoms with E-state index in [0.29, 0.717) is 10.7 Å². The lowest BCUT2D eigenvalue weighted by Crippen LogP contribution is -2.33. The summed E-state index contributed by atoms with van der Waals surface area (Å²) in [6, 6.07) is -0.246. The standard InChI is InChI=1S/C14H20N4OS/c1-3-7-10(4-2)16-13(19)11-12(15)17-14(20-11)18-8-5-6-9-18/h2,10H,3,5-9,15H2,1H3,(H,16,19). The molecule has 3 N–H and O–H groups in total. The minimum absolute atomic E-state index is 0.221. The maximum atomic E-state index is 12.2. The molecule has 2 heterocycles. The SMILES string of the molecule is C#CC(CCC)NC(=O)c1sc(N2CCCC2)nc1N. The van der Waals surface area contributed by atoms with E-state index in [1.54, 1.807) is 0 Å². The van der Waals surface area contributed by atoms with Crippen molar-refractivity contribution in [3.63, 3.8) is 0 Å². The zero-order chi connectivity index (χ0) is 14.5. The average Bonchev–Trinajstić information content (AvgIpc) is 3.06. The van der Waals surface area contributed by atoms with Crippen molar-refractivity contribution >= 4 is 28.2 Å². The van der Waals surface area contributed by atoms with E-state index in [0.717, 1.165) is 43.9 Å². The Labute approximate surface area is 123 Å². The van der Waals surface area contributed by atoms with Gasteiger partial charge in [-0.3, -0.25) is 4.79 Å². The Bertz CT molecular complexity index is 514. The van der Waals surface area contributed by atoms with Crippen LogP contribution in [0.1, 0.15) is 42.3 Å². The van der Waals surface area contributed by atoms with Gasteiger partial charge in [-0.25, -0.2) is 4.98 Å². The molecule has 1 saturated heterocycles. The van der Waals surface area contributed by atoms with Crippen molar-refractivity contribution in [2.24, 2.45) is 0 Å². The number of amides is 1. The molecule has 1 amide bonds. The monoisotopic (exact) mass is 292 g/mol. The Kier molecular flexibility index (Phi) is 4.85. The van der Waals surface area contributed by atoms with Crippen LogP contribution in [0.2, 0.25) is 0 Å². The van der Waals surface area contributed by atoms with Gasteiger partial charge >= 0.3 is 0 Å². The van der Waals surface area contributed by atoms with Gasteiger partial charge in [0, 0.05) is 13.1 Å². The Balaban J connectivity index is 2.08. The highest BCUT2D eigenvalue weighted by Gasteiger charge is 2.22. The highest BCUT2D eigenvalue weighted by Crippen LogP contribution is 2.30. The highest BCUT2D eigenvalue weighted by molar-refractivity contribution is 7.18. The van der Waals surface area contributed by atoms with Gasteiger partial charge in [0.05, 0.1) is 6.04 Å². The predicted molar refractivity (Wildman–Crippen MR) is 83.0 cm³/mol. The fraction of sp³-hybridized carbons (Fsp3) is 0.571. The third-order valence-corrected chi connectivity index (χ3v) is 4.44. The summed E-state index contributed by atoms with van der Waals surface area (Å²) in [5.41, 5.74) is 5.86. The van der Waals surface area contributed by atoms with Gasteiger partial charge in [0.1, 0.15) is 10.7 Å². The van der Waals surface area contributed by atoms with Crippen LogP contribution < -0.4 is 16.0 Å². The minimum atomic E-state index is -0.246. The second-order valence-electron chi connectivity index (χ2n) is 4.89. The van der Waals surface area contributed by atoms with Gasteiger partial charge in [0.25, 0.3) is 5.91 Å². The molecule has 0 spiro atoms. The molecule has 1 atom stereocenters. The van der Waals surface area contributed by atoms with Gasteiger partial charge in [0.2, 0.25) is 0 Å². The van der Waals surface area contributed by atoms with Crippen molar-refractivity contribution < 1.29 is 4.79 Å². The Morgan fingerprint density at radius 1 is 1.60 bits per heavy atom. The van der Waals surface area contributed by atoms with Gasteiger partial charge in [-0.2, -0.15) is 0 Å². The molecule has 2 rings (SSSR count). The second kappa shape index (κ2) is 6.62. The van der Waals surface area contributed by atoms with Crippen LogP contribution in [-0.2, 0) is 0 Å². The first-order valence-electron chi connectivity index (χ1n) is 6.94. The number of terminal acetylenes is 1. The molecule has 20 heavy (non-hydrogen) atoms. The van der Waals surface area contributed by atoms with Crippen LogP contribution in [0.25, 0.3) is 0 Å². The van der Waals surface area contributed by atoms with E-state index in [9.17, 15) is 4.79 Å². The first-order valence-corrected chi connectivity index (χ1v) is 7.75. The topological polar surface area (TPSA) is 71.2 Å². The lowest BCUT2D eigenvalue weighted by molar-refractivity contribution is 0.0949. The van der Waals surface area contributed by atoms with Crippen LogP contribution >= 0.6 is 11.3 Å². The molecule has 0 radical (unpaired) electrons. The number of hydrogen-bond acceptors (Lipinski definition) is 5. The first kappa shape index (κ1) is 14.7. The number of rotatable bonds is 5. The smallest absolute Gasteiger partial charge is 0.266 e. The van der Waals surface area contributed by atoms with E-state index in [2.05, 4.69) is 21.1 Å². The number of nitrogens with one attached hydrogen (secondary N) is 1. The molecule has 0 aliphatic carbocycles. The molecular formula is C14H20N4OS. The van der Waals surface area contributed by atoms with E-state index in [4.69, 9.17) is 12.2 Å². The van der Waals surface area contributed by atoms with Gasteiger partial charge in [-0.05, 0) is 19.3 Å². The fourth-order valence-electron chi connectivity index (χ4n) is 2.24. The molecule has 1 aliphatic rings. The number of hydrogen-bond donors (Lipinski definition) is 2. The van der Waals surface area contributed by atoms with Crippen molar-refractivity contribution in [1.29, 1.82) is 0 Å². The van der Waals surface area contributed by atoms with Crippen molar-refractivity contribution in [3.05, 3.63) is 4.88 Å². The lowest BCUT2D eigenvalue weighted by atomic mass is 10.2. The zero-order valence-corrected chi connectivity index (χ0v) is 12.5. The number of anilines is 2. The summed E-state index contributed by atoms with van der Waals surface area (Å²) >= 11 is 1.34. The summed E-state index contributed by atoms with van der Waals surface area (Å²) < 4.78 is 0. The van der Waals surface area contributed by atoms with Gasteiger partial charge < -0.3 is 16.0 Å². The summed E-state index contributed by atoms with van der Waals surface area (Å²) in [7, 11) is 0. The average molecular weight is 292 g/mol. The number of thiazole rings is 1. The number of nitrogens with zero attached hydrogens (tertiary/aromatic N) is 2. The predicted octanol–water partition coefficient (Wildman–Crippen LogP) is 1.86. The Morgan fingerprint density at radius 3 is 2.90 bits per heavy atom. The molecule has 1 fully saturated rings. The fourth-order valence-corrected chi connectivity index (χ4v) is 3.18. The van der Waals surface area contributed by atoms with Crippen LogP contribution in [0.15, 0.2) is 0 Å². The van der Waals surface area contributed by atoms with Crippen molar-refractivity contribution in [2.75, 3.05) is 23.7 Å². The maximum absolute atomic E-state index is 12.2. The van der Waals surface area contributed by atoms with Gasteiger partial charge in [0.15, 0.2) is 5.13 Å². The Hall–Kier alpha value is -1.74. The highest BCUT2D eigenvalue weighted by atomic mass is 32.1. The van der Waals surface area contributed by atoms with E-state index >= 15 is 0 Å². The van der Waals surface area contributed by atoms with Crippen molar-refractivity contribution in [2.45, 2.75) is 38.6 Å². The number of nitrogen functional groups attached to an aromatic ring is 1. The van der Waals surface area contributed by atoms with E-state index < -0.39 is 0 Å². The molecule has 108 valence electrons. The Morgan fingerprint density at radius 2 is 2.30 bits per heavy atom. The van der Waals surface area contributed by atoms with Gasteiger partial charge in [-0.1, -0.05) is 30.6 Å². The van der Waals surface area contributed by atoms with Crippen LogP contribution in [0.4, 0.5) is 10.9 Å². The number of aromatic nitrogens is 1. The summed E-state index contributed by atoms with van der Waals surface area (Å²) in [6.45, 7) is 4.00. The molecule has 1 unspecified atom stereocenters. The first-order chi connectivity index (χ1) is 9.65. The van der Waals surface area contributed by atoms with E-state index in [-0.39, 0.29) is 11.9 Å². The van der Waals surface area contributed by atoms with E-state index in [1.165, 1.54) is 11.3 Å². The molecule has 1 aliphatic heterocycles. The second-order valence-corrected chi connectivity index (χ2v) is 5.86. The molecule has 5 nitrogen and oxygen atoms in total. The molecule has 6 heteroatoms. The van der Waals surface area contributed by atoms with Crippen LogP contribution in [-0.4, -0.2) is 30.0 Å².